The van der Waals surface area contributed by atoms with Crippen molar-refractivity contribution in [3.63, 3.8) is 0 Å². The van der Waals surface area contributed by atoms with Crippen LogP contribution in [-0.4, -0.2) is 9.97 Å². The number of aromatic amines is 1. The van der Waals surface area contributed by atoms with E-state index in [9.17, 15) is 0 Å². The van der Waals surface area contributed by atoms with Gasteiger partial charge in [-0.25, -0.2) is 4.98 Å². The van der Waals surface area contributed by atoms with Gasteiger partial charge >= 0.3 is 0 Å². The zero-order valence-corrected chi connectivity index (χ0v) is 10.9. The van der Waals surface area contributed by atoms with Gasteiger partial charge in [-0.2, -0.15) is 10.5 Å². The molecule has 1 heterocycles. The van der Waals surface area contributed by atoms with Crippen molar-refractivity contribution in [3.05, 3.63) is 41.7 Å². The van der Waals surface area contributed by atoms with Gasteiger partial charge < -0.3 is 4.98 Å². The first-order chi connectivity index (χ1) is 9.17. The summed E-state index contributed by atoms with van der Waals surface area (Å²) in [6.45, 7) is 3.59. The Morgan fingerprint density at radius 2 is 1.68 bits per heavy atom. The topological polar surface area (TPSA) is 76.3 Å². The van der Waals surface area contributed by atoms with Crippen molar-refractivity contribution in [2.75, 3.05) is 0 Å². The van der Waals surface area contributed by atoms with E-state index in [1.54, 1.807) is 13.8 Å². The van der Waals surface area contributed by atoms with E-state index < -0.39 is 0 Å². The highest BCUT2D eigenvalue weighted by atomic mass is 14.9. The van der Waals surface area contributed by atoms with Gasteiger partial charge in [0.05, 0.1) is 35.4 Å². The minimum atomic E-state index is -0.334. The second-order valence-corrected chi connectivity index (χ2v) is 4.45. The number of nitriles is 2. The van der Waals surface area contributed by atoms with Crippen LogP contribution in [0.3, 0.4) is 0 Å². The lowest BCUT2D eigenvalue weighted by molar-refractivity contribution is 0.855. The van der Waals surface area contributed by atoms with Gasteiger partial charge in [-0.1, -0.05) is 30.3 Å². The number of imidazole rings is 1. The maximum atomic E-state index is 9.07. The number of aromatic nitrogens is 2. The molecule has 2 unspecified atom stereocenters. The van der Waals surface area contributed by atoms with Crippen LogP contribution in [0.1, 0.15) is 37.1 Å². The van der Waals surface area contributed by atoms with Crippen LogP contribution in [-0.2, 0) is 0 Å². The normalized spacial score (nSPS) is 13.3. The molecule has 0 fully saturated rings. The van der Waals surface area contributed by atoms with Crippen LogP contribution in [0, 0.1) is 22.7 Å². The number of nitrogens with zero attached hydrogens (tertiary/aromatic N) is 3. The van der Waals surface area contributed by atoms with E-state index in [4.69, 9.17) is 10.5 Å². The molecule has 1 aromatic carbocycles. The number of nitrogens with one attached hydrogen (secondary N) is 1. The Hall–Kier alpha value is -2.59. The molecule has 4 heteroatoms. The van der Waals surface area contributed by atoms with Gasteiger partial charge in [0.25, 0.3) is 0 Å². The lowest BCUT2D eigenvalue weighted by Crippen LogP contribution is -1.99. The molecule has 2 aromatic rings. The molecular formula is C15H14N4. The molecule has 0 aliphatic rings. The predicted octanol–water partition coefficient (Wildman–Crippen LogP) is 3.33. The molecule has 0 amide bonds. The molecule has 2 atom stereocenters. The standard InChI is InChI=1S/C15H14N4/c1-10(8-16)13-14(11(2)9-17)19-15(18-13)12-6-4-3-5-7-12/h3-7,10-11H,1-2H3,(H,18,19). The van der Waals surface area contributed by atoms with E-state index in [-0.39, 0.29) is 11.8 Å². The quantitative estimate of drug-likeness (QED) is 0.907. The SMILES string of the molecule is CC(C#N)c1nc(-c2ccccc2)[nH]c1C(C)C#N. The van der Waals surface area contributed by atoms with E-state index in [2.05, 4.69) is 22.1 Å². The Kier molecular flexibility index (Phi) is 3.63. The summed E-state index contributed by atoms with van der Waals surface area (Å²) in [7, 11) is 0. The largest absolute Gasteiger partial charge is 0.340 e. The summed E-state index contributed by atoms with van der Waals surface area (Å²) >= 11 is 0. The molecule has 0 saturated carbocycles. The van der Waals surface area contributed by atoms with E-state index in [1.165, 1.54) is 0 Å². The van der Waals surface area contributed by atoms with Gasteiger partial charge in [0.15, 0.2) is 0 Å². The van der Waals surface area contributed by atoms with Gasteiger partial charge in [0.1, 0.15) is 5.82 Å². The summed E-state index contributed by atoms with van der Waals surface area (Å²) in [6.07, 6.45) is 0. The molecule has 0 aliphatic heterocycles. The van der Waals surface area contributed by atoms with Crippen LogP contribution >= 0.6 is 0 Å². The molecule has 0 bridgehead atoms. The summed E-state index contributed by atoms with van der Waals surface area (Å²) in [5.41, 5.74) is 2.34. The molecule has 4 nitrogen and oxygen atoms in total. The highest BCUT2D eigenvalue weighted by Gasteiger charge is 2.20. The van der Waals surface area contributed by atoms with Crippen molar-refractivity contribution in [1.29, 1.82) is 10.5 Å². The number of benzene rings is 1. The van der Waals surface area contributed by atoms with Crippen molar-refractivity contribution < 1.29 is 0 Å². The second-order valence-electron chi connectivity index (χ2n) is 4.45. The van der Waals surface area contributed by atoms with Crippen molar-refractivity contribution in [1.82, 2.24) is 9.97 Å². The molecule has 0 spiro atoms. The maximum Gasteiger partial charge on any atom is 0.137 e. The third-order valence-corrected chi connectivity index (χ3v) is 3.04. The van der Waals surface area contributed by atoms with Crippen LogP contribution in [0.2, 0.25) is 0 Å². The van der Waals surface area contributed by atoms with Crippen LogP contribution < -0.4 is 0 Å². The fourth-order valence-electron chi connectivity index (χ4n) is 1.92. The lowest BCUT2D eigenvalue weighted by atomic mass is 10.0. The molecule has 0 aliphatic carbocycles. The first-order valence-corrected chi connectivity index (χ1v) is 6.11. The van der Waals surface area contributed by atoms with Crippen molar-refractivity contribution in [2.24, 2.45) is 0 Å². The molecule has 0 saturated heterocycles. The Bertz CT molecular complexity index is 606. The molecule has 2 rings (SSSR count). The smallest absolute Gasteiger partial charge is 0.137 e. The van der Waals surface area contributed by atoms with E-state index in [1.807, 2.05) is 30.3 Å². The molecular weight excluding hydrogens is 236 g/mol. The van der Waals surface area contributed by atoms with Gasteiger partial charge in [0.2, 0.25) is 0 Å². The minimum absolute atomic E-state index is 0.309. The van der Waals surface area contributed by atoms with Crippen LogP contribution in [0.15, 0.2) is 30.3 Å². The number of hydrogen-bond acceptors (Lipinski definition) is 3. The number of hydrogen-bond donors (Lipinski definition) is 1. The predicted molar refractivity (Wildman–Crippen MR) is 72.1 cm³/mol. The average molecular weight is 250 g/mol. The van der Waals surface area contributed by atoms with Crippen LogP contribution in [0.5, 0.6) is 0 Å². The van der Waals surface area contributed by atoms with E-state index >= 15 is 0 Å². The maximum absolute atomic E-state index is 9.07. The van der Waals surface area contributed by atoms with Crippen molar-refractivity contribution in [2.45, 2.75) is 25.7 Å². The summed E-state index contributed by atoms with van der Waals surface area (Å²) in [6, 6.07) is 14.0. The van der Waals surface area contributed by atoms with Crippen molar-refractivity contribution in [3.8, 4) is 23.5 Å². The molecule has 0 radical (unpaired) electrons. The fraction of sp³-hybridized carbons (Fsp3) is 0.267. The number of H-pyrrole nitrogens is 1. The Morgan fingerprint density at radius 1 is 1.05 bits per heavy atom. The summed E-state index contributed by atoms with van der Waals surface area (Å²) < 4.78 is 0. The van der Waals surface area contributed by atoms with Crippen LogP contribution in [0.4, 0.5) is 0 Å². The van der Waals surface area contributed by atoms with Gasteiger partial charge in [-0.15, -0.1) is 0 Å². The molecule has 1 aromatic heterocycles. The monoisotopic (exact) mass is 250 g/mol. The Morgan fingerprint density at radius 3 is 2.26 bits per heavy atom. The summed E-state index contributed by atoms with van der Waals surface area (Å²) in [5.74, 6) is 0.0603. The Balaban J connectivity index is 2.53. The molecule has 94 valence electrons. The second kappa shape index (κ2) is 5.37. The van der Waals surface area contributed by atoms with Gasteiger partial charge in [-0.3, -0.25) is 0 Å². The Labute approximate surface area is 112 Å². The zero-order chi connectivity index (χ0) is 13.8. The fourth-order valence-corrected chi connectivity index (χ4v) is 1.92. The lowest BCUT2D eigenvalue weighted by Gasteiger charge is -2.04. The third-order valence-electron chi connectivity index (χ3n) is 3.04. The molecule has 1 N–H and O–H groups in total. The van der Waals surface area contributed by atoms with Crippen molar-refractivity contribution >= 4 is 0 Å². The van der Waals surface area contributed by atoms with Gasteiger partial charge in [0, 0.05) is 5.56 Å². The average Bonchev–Trinajstić information content (AvgIpc) is 2.91. The zero-order valence-electron chi connectivity index (χ0n) is 10.9. The van der Waals surface area contributed by atoms with Crippen LogP contribution in [0.25, 0.3) is 11.4 Å². The summed E-state index contributed by atoms with van der Waals surface area (Å²) in [4.78, 5) is 7.67. The number of rotatable bonds is 3. The summed E-state index contributed by atoms with van der Waals surface area (Å²) in [5, 5.41) is 18.1. The molecule has 19 heavy (non-hydrogen) atoms. The van der Waals surface area contributed by atoms with E-state index in [0.29, 0.717) is 11.5 Å². The first kappa shape index (κ1) is 12.9. The third kappa shape index (κ3) is 2.48. The van der Waals surface area contributed by atoms with Gasteiger partial charge in [-0.05, 0) is 13.8 Å². The van der Waals surface area contributed by atoms with E-state index in [0.717, 1.165) is 11.3 Å². The first-order valence-electron chi connectivity index (χ1n) is 6.11. The minimum Gasteiger partial charge on any atom is -0.340 e. The highest BCUT2D eigenvalue weighted by Crippen LogP contribution is 2.27. The highest BCUT2D eigenvalue weighted by molar-refractivity contribution is 5.56.